The molecule has 2 heterocycles. The molecule has 2 aromatic heterocycles. The fourth-order valence-electron chi connectivity index (χ4n) is 10.4. The summed E-state index contributed by atoms with van der Waals surface area (Å²) in [6.07, 6.45) is 16.2. The van der Waals surface area contributed by atoms with Crippen LogP contribution in [0.4, 0.5) is 0 Å². The summed E-state index contributed by atoms with van der Waals surface area (Å²) in [7, 11) is 0. The van der Waals surface area contributed by atoms with Crippen LogP contribution in [0.25, 0.3) is 112 Å². The van der Waals surface area contributed by atoms with Gasteiger partial charge in [0.2, 0.25) is 0 Å². The highest BCUT2D eigenvalue weighted by atomic mass is 16.3. The first kappa shape index (κ1) is 38.3. The molecule has 0 spiro atoms. The third-order valence-corrected chi connectivity index (χ3v) is 13.7. The molecule has 0 atom stereocenters. The van der Waals surface area contributed by atoms with Crippen LogP contribution in [0.15, 0.2) is 198 Å². The summed E-state index contributed by atoms with van der Waals surface area (Å²) in [5, 5.41) is 6.78. The summed E-state index contributed by atoms with van der Waals surface area (Å²) in [4.78, 5) is 15.7. The lowest BCUT2D eigenvalue weighted by Gasteiger charge is -2.16. The molecule has 0 bridgehead atoms. The van der Waals surface area contributed by atoms with E-state index in [1.165, 1.54) is 66.4 Å². The summed E-state index contributed by atoms with van der Waals surface area (Å²) >= 11 is 0. The summed E-state index contributed by atoms with van der Waals surface area (Å²) in [5.41, 5.74) is 17.4. The van der Waals surface area contributed by atoms with Crippen molar-refractivity contribution in [3.63, 3.8) is 0 Å². The van der Waals surface area contributed by atoms with Gasteiger partial charge < -0.3 is 4.42 Å². The molecule has 3 aliphatic carbocycles. The van der Waals surface area contributed by atoms with Gasteiger partial charge in [-0.15, -0.1) is 0 Å². The smallest absolute Gasteiger partial charge is 0.164 e. The molecule has 3 aliphatic rings. The van der Waals surface area contributed by atoms with Crippen LogP contribution in [-0.2, 0) is 6.42 Å². The minimum absolute atomic E-state index is 0.621. The lowest BCUT2D eigenvalue weighted by atomic mass is 9.88. The van der Waals surface area contributed by atoms with Crippen LogP contribution in [0, 0.1) is 0 Å². The van der Waals surface area contributed by atoms with Gasteiger partial charge in [-0.05, 0) is 140 Å². The van der Waals surface area contributed by atoms with E-state index in [2.05, 4.69) is 200 Å². The zero-order valence-electron chi connectivity index (χ0n) is 36.3. The van der Waals surface area contributed by atoms with Gasteiger partial charge in [-0.3, -0.25) is 0 Å². The van der Waals surface area contributed by atoms with E-state index < -0.39 is 0 Å². The summed E-state index contributed by atoms with van der Waals surface area (Å²) < 4.78 is 7.04. The quantitative estimate of drug-likeness (QED) is 0.167. The Hall–Kier alpha value is -8.21. The summed E-state index contributed by atoms with van der Waals surface area (Å²) in [5.74, 6) is 1.89. The van der Waals surface area contributed by atoms with Crippen molar-refractivity contribution < 1.29 is 4.42 Å². The second kappa shape index (κ2) is 15.8. The minimum Gasteiger partial charge on any atom is -0.456 e. The Morgan fingerprint density at radius 1 is 0.455 bits per heavy atom. The number of hydrogen-bond donors (Lipinski definition) is 0. The monoisotopic (exact) mass is 845 g/mol. The van der Waals surface area contributed by atoms with Gasteiger partial charge in [0.25, 0.3) is 0 Å². The molecule has 0 unspecified atom stereocenters. The van der Waals surface area contributed by atoms with E-state index in [1.807, 2.05) is 0 Å². The zero-order chi connectivity index (χ0) is 43.6. The van der Waals surface area contributed by atoms with Crippen LogP contribution in [0.1, 0.15) is 42.4 Å². The van der Waals surface area contributed by atoms with Crippen LogP contribution < -0.4 is 10.6 Å². The highest BCUT2D eigenvalue weighted by Crippen LogP contribution is 2.41. The Kier molecular flexibility index (Phi) is 9.16. The molecule has 0 fully saturated rings. The number of allylic oxidation sites excluding steroid dienone is 5. The Balaban J connectivity index is 0.990. The molecule has 13 rings (SSSR count). The largest absolute Gasteiger partial charge is 0.456 e. The van der Waals surface area contributed by atoms with Crippen LogP contribution in [-0.4, -0.2) is 15.0 Å². The van der Waals surface area contributed by atoms with E-state index in [0.717, 1.165) is 81.2 Å². The molecule has 0 saturated heterocycles. The molecule has 10 aromatic rings. The SMILES string of the molecule is C1=CCCC(c2ccc3c(c2)-c2cc(-c4ccccc4)ccc2CC(C2=c4oc5cccc(-c6nc(-c7ccc8ccccc8c7)nc(-c7ccc8ccccc8c7)n6)c5c4=CCC2)=C3)=C1. The number of furan rings is 1. The van der Waals surface area contributed by atoms with Crippen LogP contribution in [0.5, 0.6) is 0 Å². The molecule has 66 heavy (non-hydrogen) atoms. The number of hydrogen-bond acceptors (Lipinski definition) is 4. The van der Waals surface area contributed by atoms with Gasteiger partial charge in [-0.2, -0.15) is 0 Å². The molecule has 0 saturated carbocycles. The molecule has 0 aliphatic heterocycles. The minimum atomic E-state index is 0.621. The highest BCUT2D eigenvalue weighted by molar-refractivity contribution is 5.96. The molecule has 0 amide bonds. The third-order valence-electron chi connectivity index (χ3n) is 13.7. The summed E-state index contributed by atoms with van der Waals surface area (Å²) in [6, 6.07) is 60.9. The average molecular weight is 846 g/mol. The zero-order valence-corrected chi connectivity index (χ0v) is 36.3. The molecular formula is C62H43N3O. The second-order valence-corrected chi connectivity index (χ2v) is 17.7. The van der Waals surface area contributed by atoms with E-state index in [0.29, 0.717) is 17.5 Å². The number of rotatable bonds is 6. The fourth-order valence-corrected chi connectivity index (χ4v) is 10.4. The van der Waals surface area contributed by atoms with E-state index in [1.54, 1.807) is 0 Å². The number of nitrogens with zero attached hydrogens (tertiary/aromatic N) is 3. The van der Waals surface area contributed by atoms with Gasteiger partial charge >= 0.3 is 0 Å². The van der Waals surface area contributed by atoms with Crippen LogP contribution in [0.3, 0.4) is 0 Å². The van der Waals surface area contributed by atoms with Crippen molar-refractivity contribution in [2.45, 2.75) is 32.1 Å². The number of aromatic nitrogens is 3. The van der Waals surface area contributed by atoms with E-state index in [4.69, 9.17) is 19.4 Å². The topological polar surface area (TPSA) is 51.8 Å². The van der Waals surface area contributed by atoms with E-state index in [9.17, 15) is 0 Å². The normalized spacial score (nSPS) is 14.3. The van der Waals surface area contributed by atoms with Crippen LogP contribution >= 0.6 is 0 Å². The lowest BCUT2D eigenvalue weighted by molar-refractivity contribution is 0.568. The van der Waals surface area contributed by atoms with E-state index >= 15 is 0 Å². The maximum atomic E-state index is 7.04. The Bertz CT molecular complexity index is 3750. The molecule has 8 aromatic carbocycles. The van der Waals surface area contributed by atoms with Crippen LogP contribution in [0.2, 0.25) is 0 Å². The Morgan fingerprint density at radius 2 is 1.14 bits per heavy atom. The van der Waals surface area contributed by atoms with Gasteiger partial charge in [-0.25, -0.2) is 15.0 Å². The number of benzene rings is 8. The van der Waals surface area contributed by atoms with Crippen molar-refractivity contribution in [3.05, 3.63) is 221 Å². The first-order chi connectivity index (χ1) is 32.7. The average Bonchev–Trinajstić information content (AvgIpc) is 3.70. The van der Waals surface area contributed by atoms with Crippen molar-refractivity contribution >= 4 is 55.8 Å². The standard InChI is InChI=1S/C62H43N3O/c1-3-13-39(14-4-1)45-27-29-47-35-51(36-48-30-28-46(38-56(48)55(47)37-45)40-15-5-2-6-16-40)52-21-11-22-53-58-54(23-12-24-57(58)66-59(52)53)62-64-60(49-31-25-41-17-7-9-19-43(41)33-49)63-61(65-62)50-32-26-42-18-8-10-20-44(42)34-50/h1-5,7-10,12-15,17-20,22-34,36-38H,6,11,16,21,35H2. The number of fused-ring (bicyclic) bond motifs is 8. The molecular weight excluding hydrogens is 803 g/mol. The van der Waals surface area contributed by atoms with Crippen molar-refractivity contribution in [1.82, 2.24) is 15.0 Å². The summed E-state index contributed by atoms with van der Waals surface area (Å²) in [6.45, 7) is 0. The predicted octanol–water partition coefficient (Wildman–Crippen LogP) is 14.4. The third kappa shape index (κ3) is 6.73. The van der Waals surface area contributed by atoms with Crippen molar-refractivity contribution in [3.8, 4) is 56.4 Å². The van der Waals surface area contributed by atoms with Gasteiger partial charge in [-0.1, -0.05) is 170 Å². The maximum absolute atomic E-state index is 7.04. The molecule has 0 N–H and O–H groups in total. The Labute approximate surface area is 383 Å². The first-order valence-electron chi connectivity index (χ1n) is 23.1. The fraction of sp³-hybridized carbons (Fsp3) is 0.0806. The Morgan fingerprint density at radius 3 is 1.88 bits per heavy atom. The second-order valence-electron chi connectivity index (χ2n) is 17.7. The van der Waals surface area contributed by atoms with Crippen molar-refractivity contribution in [2.24, 2.45) is 0 Å². The van der Waals surface area contributed by atoms with Crippen molar-refractivity contribution in [1.29, 1.82) is 0 Å². The molecule has 0 radical (unpaired) electrons. The molecule has 4 nitrogen and oxygen atoms in total. The van der Waals surface area contributed by atoms with Gasteiger partial charge in [0.15, 0.2) is 17.5 Å². The van der Waals surface area contributed by atoms with Gasteiger partial charge in [0, 0.05) is 27.3 Å². The van der Waals surface area contributed by atoms with Gasteiger partial charge in [0.05, 0.1) is 0 Å². The first-order valence-corrected chi connectivity index (χ1v) is 23.1. The molecule has 4 heteroatoms. The predicted molar refractivity (Wildman–Crippen MR) is 273 cm³/mol. The highest BCUT2D eigenvalue weighted by Gasteiger charge is 2.24. The lowest BCUT2D eigenvalue weighted by Crippen LogP contribution is -2.27. The molecule has 312 valence electrons. The van der Waals surface area contributed by atoms with Gasteiger partial charge in [0.1, 0.15) is 11.0 Å². The maximum Gasteiger partial charge on any atom is 0.164 e. The van der Waals surface area contributed by atoms with E-state index in [-0.39, 0.29) is 0 Å². The van der Waals surface area contributed by atoms with Crippen molar-refractivity contribution in [2.75, 3.05) is 0 Å².